The van der Waals surface area contributed by atoms with Gasteiger partial charge in [-0.3, -0.25) is 14.9 Å². The van der Waals surface area contributed by atoms with Crippen LogP contribution in [-0.4, -0.2) is 32.8 Å². The van der Waals surface area contributed by atoms with E-state index in [-0.39, 0.29) is 23.6 Å². The molecule has 34 heavy (non-hydrogen) atoms. The summed E-state index contributed by atoms with van der Waals surface area (Å²) in [7, 11) is 0. The molecule has 172 valence electrons. The van der Waals surface area contributed by atoms with E-state index in [2.05, 4.69) is 0 Å². The van der Waals surface area contributed by atoms with Crippen molar-refractivity contribution in [2.24, 2.45) is 0 Å². The van der Waals surface area contributed by atoms with Crippen LogP contribution in [0.3, 0.4) is 0 Å². The zero-order valence-corrected chi connectivity index (χ0v) is 18.6. The summed E-state index contributed by atoms with van der Waals surface area (Å²) in [4.78, 5) is 39.2. The maximum Gasteiger partial charge on any atom is 0.335 e. The minimum atomic E-state index is -1.27. The van der Waals surface area contributed by atoms with E-state index in [4.69, 9.17) is 11.6 Å². The van der Waals surface area contributed by atoms with Gasteiger partial charge in [0.05, 0.1) is 17.0 Å². The maximum absolute atomic E-state index is 13.6. The second-order valence-electron chi connectivity index (χ2n) is 7.77. The highest BCUT2D eigenvalue weighted by atomic mass is 35.5. The summed E-state index contributed by atoms with van der Waals surface area (Å²) in [6, 6.07) is 19.4. The van der Waals surface area contributed by atoms with Crippen molar-refractivity contribution in [3.63, 3.8) is 0 Å². The van der Waals surface area contributed by atoms with Crippen LogP contribution in [0.25, 0.3) is 0 Å². The van der Waals surface area contributed by atoms with Crippen LogP contribution in [0, 0.1) is 10.1 Å². The van der Waals surface area contributed by atoms with Gasteiger partial charge in [-0.25, -0.2) is 4.79 Å². The number of hydrogen-bond donors (Lipinski definition) is 1. The molecule has 3 aromatic rings. The summed E-state index contributed by atoms with van der Waals surface area (Å²) in [5, 5.41) is 21.6. The molecule has 1 N–H and O–H groups in total. The lowest BCUT2D eigenvalue weighted by Crippen LogP contribution is -2.49. The third-order valence-electron chi connectivity index (χ3n) is 5.55. The van der Waals surface area contributed by atoms with E-state index in [0.717, 1.165) is 17.2 Å². The van der Waals surface area contributed by atoms with E-state index < -0.39 is 22.6 Å². The van der Waals surface area contributed by atoms with Crippen LogP contribution in [0.2, 0.25) is 5.02 Å². The summed E-state index contributed by atoms with van der Waals surface area (Å²) in [6.45, 7) is 0.348. The Kier molecular flexibility index (Phi) is 6.60. The molecule has 4 rings (SSSR count). The normalized spacial score (nSPS) is 15.4. The first-order valence-electron chi connectivity index (χ1n) is 10.4. The molecule has 0 saturated carbocycles. The van der Waals surface area contributed by atoms with Crippen LogP contribution >= 0.6 is 11.6 Å². The quantitative estimate of drug-likeness (QED) is 0.384. The fourth-order valence-electron chi connectivity index (χ4n) is 3.85. The Hall–Kier alpha value is -4.17. The van der Waals surface area contributed by atoms with Gasteiger partial charge in [0.15, 0.2) is 0 Å². The topological polar surface area (TPSA) is 104 Å². The Morgan fingerprint density at radius 3 is 2.35 bits per heavy atom. The number of carbonyl (C=O) groups excluding carboxylic acids is 1. The number of carboxylic acids is 1. The fourth-order valence-corrected chi connectivity index (χ4v) is 3.98. The lowest BCUT2D eigenvalue weighted by molar-refractivity contribution is -0.384. The number of hydrogen-bond acceptors (Lipinski definition) is 5. The molecule has 0 saturated heterocycles. The van der Waals surface area contributed by atoms with E-state index >= 15 is 0 Å². The van der Waals surface area contributed by atoms with E-state index in [1.165, 1.54) is 17.0 Å². The first kappa shape index (κ1) is 23.0. The molecule has 0 unspecified atom stereocenters. The number of aromatic carboxylic acids is 1. The van der Waals surface area contributed by atoms with Gasteiger partial charge in [-0.05, 0) is 35.4 Å². The van der Waals surface area contributed by atoms with Crippen molar-refractivity contribution >= 4 is 34.9 Å². The van der Waals surface area contributed by atoms with Gasteiger partial charge in [0.2, 0.25) is 5.91 Å². The van der Waals surface area contributed by atoms with Crippen LogP contribution in [0.4, 0.5) is 11.4 Å². The Balaban J connectivity index is 1.75. The van der Waals surface area contributed by atoms with Crippen molar-refractivity contribution < 1.29 is 19.6 Å². The lowest BCUT2D eigenvalue weighted by Gasteiger charge is -2.37. The number of nitrogens with zero attached hydrogens (tertiary/aromatic N) is 3. The summed E-state index contributed by atoms with van der Waals surface area (Å²) in [5.41, 5.74) is 1.30. The Morgan fingerprint density at radius 1 is 1.00 bits per heavy atom. The van der Waals surface area contributed by atoms with Gasteiger partial charge in [0.25, 0.3) is 5.69 Å². The molecule has 1 amide bonds. The molecule has 9 heteroatoms. The molecule has 0 radical (unpaired) electrons. The monoisotopic (exact) mass is 477 g/mol. The predicted octanol–water partition coefficient (Wildman–Crippen LogP) is 4.88. The lowest BCUT2D eigenvalue weighted by atomic mass is 10.0. The minimum absolute atomic E-state index is 0.137. The summed E-state index contributed by atoms with van der Waals surface area (Å²) >= 11 is 6.00. The van der Waals surface area contributed by atoms with Gasteiger partial charge in [-0.1, -0.05) is 54.1 Å². The second kappa shape index (κ2) is 9.76. The van der Waals surface area contributed by atoms with Gasteiger partial charge in [0, 0.05) is 29.9 Å². The van der Waals surface area contributed by atoms with Gasteiger partial charge in [-0.2, -0.15) is 0 Å². The van der Waals surface area contributed by atoms with E-state index in [1.807, 2.05) is 30.3 Å². The zero-order valence-electron chi connectivity index (χ0n) is 17.9. The standard InChI is InChI=1S/C25H20ClN3O5/c26-20-9-6-17(7-10-20)14-23-24(30)27(16-18-4-2-1-3-5-18)12-13-28(23)21-11-8-19(25(31)32)15-22(21)29(33)34/h1-13,15,23H,14,16H2,(H,31,32)/t23-/m0/s1. The first-order valence-corrected chi connectivity index (χ1v) is 10.8. The smallest absolute Gasteiger partial charge is 0.335 e. The molecule has 3 aromatic carbocycles. The molecule has 0 spiro atoms. The number of rotatable bonds is 7. The average Bonchev–Trinajstić information content (AvgIpc) is 2.83. The van der Waals surface area contributed by atoms with E-state index in [1.54, 1.807) is 41.6 Å². The van der Waals surface area contributed by atoms with Crippen LogP contribution < -0.4 is 4.90 Å². The number of anilines is 1. The molecule has 1 aliphatic rings. The Morgan fingerprint density at radius 2 is 1.71 bits per heavy atom. The van der Waals surface area contributed by atoms with E-state index in [0.29, 0.717) is 11.6 Å². The molecule has 0 aromatic heterocycles. The highest BCUT2D eigenvalue weighted by Crippen LogP contribution is 2.34. The average molecular weight is 478 g/mol. The number of halogens is 1. The molecule has 0 aliphatic carbocycles. The van der Waals surface area contributed by atoms with Crippen molar-refractivity contribution in [3.05, 3.63) is 117 Å². The Bertz CT molecular complexity index is 1260. The number of carboxylic acid groups (broad SMARTS) is 1. The van der Waals surface area contributed by atoms with Crippen LogP contribution in [0.5, 0.6) is 0 Å². The van der Waals surface area contributed by atoms with Crippen molar-refractivity contribution in [1.29, 1.82) is 0 Å². The molecular weight excluding hydrogens is 458 g/mol. The van der Waals surface area contributed by atoms with Crippen molar-refractivity contribution in [2.45, 2.75) is 19.0 Å². The molecular formula is C25H20ClN3O5. The second-order valence-corrected chi connectivity index (χ2v) is 8.21. The molecule has 1 heterocycles. The number of nitro groups is 1. The molecule has 0 bridgehead atoms. The maximum atomic E-state index is 13.6. The number of amides is 1. The number of carbonyl (C=O) groups is 2. The molecule has 0 fully saturated rings. The highest BCUT2D eigenvalue weighted by molar-refractivity contribution is 6.30. The largest absolute Gasteiger partial charge is 0.478 e. The fraction of sp³-hybridized carbons (Fsp3) is 0.120. The van der Waals surface area contributed by atoms with Crippen LogP contribution in [0.15, 0.2) is 85.2 Å². The van der Waals surface area contributed by atoms with Gasteiger partial charge in [0.1, 0.15) is 11.7 Å². The van der Waals surface area contributed by atoms with Crippen molar-refractivity contribution in [2.75, 3.05) is 4.90 Å². The molecule has 1 aliphatic heterocycles. The SMILES string of the molecule is O=C(O)c1ccc(N2C=CN(Cc3ccccc3)C(=O)[C@@H]2Cc2ccc(Cl)cc2)c([N+](=O)[O-])c1. The summed E-state index contributed by atoms with van der Waals surface area (Å²) in [5.74, 6) is -1.51. The third kappa shape index (κ3) is 4.92. The molecule has 8 nitrogen and oxygen atoms in total. The van der Waals surface area contributed by atoms with Gasteiger partial charge in [-0.15, -0.1) is 0 Å². The van der Waals surface area contributed by atoms with Crippen molar-refractivity contribution in [3.8, 4) is 0 Å². The first-order chi connectivity index (χ1) is 16.3. The zero-order chi connectivity index (χ0) is 24.2. The summed E-state index contributed by atoms with van der Waals surface area (Å²) < 4.78 is 0. The summed E-state index contributed by atoms with van der Waals surface area (Å²) in [6.07, 6.45) is 3.47. The number of nitro benzene ring substituents is 1. The third-order valence-corrected chi connectivity index (χ3v) is 5.80. The highest BCUT2D eigenvalue weighted by Gasteiger charge is 2.35. The molecule has 1 atom stereocenters. The van der Waals surface area contributed by atoms with Crippen LogP contribution in [0.1, 0.15) is 21.5 Å². The van der Waals surface area contributed by atoms with Crippen LogP contribution in [-0.2, 0) is 17.8 Å². The van der Waals surface area contributed by atoms with Gasteiger partial charge >= 0.3 is 5.97 Å². The number of benzene rings is 3. The minimum Gasteiger partial charge on any atom is -0.478 e. The van der Waals surface area contributed by atoms with E-state index in [9.17, 15) is 24.8 Å². The Labute approximate surface area is 200 Å². The van der Waals surface area contributed by atoms with Crippen molar-refractivity contribution in [1.82, 2.24) is 4.90 Å². The van der Waals surface area contributed by atoms with Gasteiger partial charge < -0.3 is 14.9 Å². The predicted molar refractivity (Wildman–Crippen MR) is 128 cm³/mol.